The Morgan fingerprint density at radius 1 is 1.00 bits per heavy atom. The zero-order valence-electron chi connectivity index (χ0n) is 12.3. The van der Waals surface area contributed by atoms with E-state index < -0.39 is 0 Å². The molecule has 2 rings (SSSR count). The van der Waals surface area contributed by atoms with Gasteiger partial charge < -0.3 is 5.32 Å². The van der Waals surface area contributed by atoms with E-state index in [0.717, 1.165) is 29.2 Å². The second kappa shape index (κ2) is 5.30. The predicted octanol–water partition coefficient (Wildman–Crippen LogP) is 4.23. The normalized spacial score (nSPS) is 22.8. The molecule has 0 aromatic heterocycles. The van der Waals surface area contributed by atoms with Crippen molar-refractivity contribution < 1.29 is 0 Å². The predicted molar refractivity (Wildman–Crippen MR) is 75.1 cm³/mol. The van der Waals surface area contributed by atoms with Crippen molar-refractivity contribution in [3.8, 4) is 0 Å². The molecule has 0 unspecified atom stereocenters. The molecule has 2 aliphatic rings. The topological polar surface area (TPSA) is 12.0 Å². The molecule has 2 saturated carbocycles. The van der Waals surface area contributed by atoms with Gasteiger partial charge >= 0.3 is 0 Å². The van der Waals surface area contributed by atoms with E-state index >= 15 is 0 Å². The van der Waals surface area contributed by atoms with Gasteiger partial charge in [-0.2, -0.15) is 0 Å². The van der Waals surface area contributed by atoms with E-state index in [1.807, 2.05) is 0 Å². The summed E-state index contributed by atoms with van der Waals surface area (Å²) in [6, 6.07) is 0.756. The summed E-state index contributed by atoms with van der Waals surface area (Å²) in [6.07, 6.45) is 8.72. The molecule has 2 aliphatic carbocycles. The Morgan fingerprint density at radius 3 is 1.88 bits per heavy atom. The summed E-state index contributed by atoms with van der Waals surface area (Å²) in [5.74, 6) is 2.73. The molecule has 1 heteroatoms. The van der Waals surface area contributed by atoms with E-state index in [1.165, 1.54) is 45.1 Å². The van der Waals surface area contributed by atoms with Gasteiger partial charge in [0.15, 0.2) is 0 Å². The van der Waals surface area contributed by atoms with E-state index in [0.29, 0.717) is 0 Å². The molecule has 0 heterocycles. The van der Waals surface area contributed by atoms with E-state index in [9.17, 15) is 0 Å². The monoisotopic (exact) mass is 237 g/mol. The molecule has 1 N–H and O–H groups in total. The van der Waals surface area contributed by atoms with Crippen molar-refractivity contribution >= 4 is 0 Å². The summed E-state index contributed by atoms with van der Waals surface area (Å²) in [5, 5.41) is 3.91. The van der Waals surface area contributed by atoms with Crippen molar-refractivity contribution in [2.24, 2.45) is 23.2 Å². The van der Waals surface area contributed by atoms with Crippen LogP contribution in [-0.2, 0) is 0 Å². The van der Waals surface area contributed by atoms with Crippen LogP contribution in [0.2, 0.25) is 0 Å². The average Bonchev–Trinajstić information content (AvgIpc) is 3.05. The van der Waals surface area contributed by atoms with E-state index in [-0.39, 0.29) is 0 Å². The molecule has 2 fully saturated rings. The standard InChI is InChI=1S/C16H31N/c1-12(2)9-15(10-13(3)4)17-11-16(7-8-16)14-5-6-14/h12-15,17H,5-11H2,1-4H3. The Hall–Kier alpha value is -0.0400. The summed E-state index contributed by atoms with van der Waals surface area (Å²) in [4.78, 5) is 0. The molecule has 0 aromatic carbocycles. The molecule has 0 amide bonds. The molecule has 0 spiro atoms. The first-order chi connectivity index (χ1) is 8.02. The molecule has 17 heavy (non-hydrogen) atoms. The third kappa shape index (κ3) is 3.98. The van der Waals surface area contributed by atoms with Gasteiger partial charge in [0.05, 0.1) is 0 Å². The maximum absolute atomic E-state index is 3.91. The van der Waals surface area contributed by atoms with Crippen molar-refractivity contribution in [2.45, 2.75) is 72.3 Å². The van der Waals surface area contributed by atoms with Crippen LogP contribution >= 0.6 is 0 Å². The third-order valence-corrected chi connectivity index (χ3v) is 4.59. The van der Waals surface area contributed by atoms with Gasteiger partial charge in [0.1, 0.15) is 0 Å². The second-order valence-electron chi connectivity index (χ2n) is 7.47. The van der Waals surface area contributed by atoms with Gasteiger partial charge in [0.2, 0.25) is 0 Å². The van der Waals surface area contributed by atoms with Crippen LogP contribution in [0.25, 0.3) is 0 Å². The van der Waals surface area contributed by atoms with Crippen LogP contribution in [0.5, 0.6) is 0 Å². The zero-order valence-corrected chi connectivity index (χ0v) is 12.3. The molecule has 0 saturated heterocycles. The van der Waals surface area contributed by atoms with Crippen LogP contribution in [0.3, 0.4) is 0 Å². The van der Waals surface area contributed by atoms with Gasteiger partial charge in [-0.1, -0.05) is 27.7 Å². The van der Waals surface area contributed by atoms with Crippen LogP contribution in [0.4, 0.5) is 0 Å². The summed E-state index contributed by atoms with van der Waals surface area (Å²) >= 11 is 0. The largest absolute Gasteiger partial charge is 0.313 e. The Kier molecular flexibility index (Phi) is 4.18. The highest BCUT2D eigenvalue weighted by atomic mass is 14.9. The summed E-state index contributed by atoms with van der Waals surface area (Å²) < 4.78 is 0. The number of nitrogens with one attached hydrogen (secondary N) is 1. The number of hydrogen-bond donors (Lipinski definition) is 1. The zero-order chi connectivity index (χ0) is 12.5. The van der Waals surface area contributed by atoms with Crippen LogP contribution in [0.1, 0.15) is 66.2 Å². The van der Waals surface area contributed by atoms with Crippen LogP contribution < -0.4 is 5.32 Å². The summed E-state index contributed by atoms with van der Waals surface area (Å²) in [5.41, 5.74) is 0.756. The van der Waals surface area contributed by atoms with Gasteiger partial charge in [-0.3, -0.25) is 0 Å². The lowest BCUT2D eigenvalue weighted by atomic mass is 9.94. The molecule has 100 valence electrons. The molecule has 0 aliphatic heterocycles. The van der Waals surface area contributed by atoms with Crippen LogP contribution in [0.15, 0.2) is 0 Å². The first-order valence-corrected chi connectivity index (χ1v) is 7.75. The van der Waals surface area contributed by atoms with Crippen molar-refractivity contribution in [2.75, 3.05) is 6.54 Å². The van der Waals surface area contributed by atoms with Gasteiger partial charge in [0, 0.05) is 12.6 Å². The molecular weight excluding hydrogens is 206 g/mol. The fraction of sp³-hybridized carbons (Fsp3) is 1.00. The van der Waals surface area contributed by atoms with Gasteiger partial charge in [-0.25, -0.2) is 0 Å². The maximum atomic E-state index is 3.91. The smallest absolute Gasteiger partial charge is 0.00721 e. The lowest BCUT2D eigenvalue weighted by Gasteiger charge is -2.25. The maximum Gasteiger partial charge on any atom is 0.00721 e. The van der Waals surface area contributed by atoms with Gasteiger partial charge in [0.25, 0.3) is 0 Å². The minimum atomic E-state index is 0.756. The van der Waals surface area contributed by atoms with Gasteiger partial charge in [-0.05, 0) is 61.7 Å². The Balaban J connectivity index is 1.75. The lowest BCUT2D eigenvalue weighted by Crippen LogP contribution is -2.36. The van der Waals surface area contributed by atoms with E-state index in [2.05, 4.69) is 33.0 Å². The highest BCUT2D eigenvalue weighted by molar-refractivity contribution is 5.05. The Morgan fingerprint density at radius 2 is 1.53 bits per heavy atom. The van der Waals surface area contributed by atoms with E-state index in [1.54, 1.807) is 0 Å². The van der Waals surface area contributed by atoms with Crippen molar-refractivity contribution in [1.82, 2.24) is 5.32 Å². The summed E-state index contributed by atoms with van der Waals surface area (Å²) in [7, 11) is 0. The molecule has 0 bridgehead atoms. The molecular formula is C16H31N. The number of hydrogen-bond acceptors (Lipinski definition) is 1. The summed E-state index contributed by atoms with van der Waals surface area (Å²) in [6.45, 7) is 10.7. The van der Waals surface area contributed by atoms with Crippen LogP contribution in [0, 0.1) is 23.2 Å². The molecule has 0 atom stereocenters. The Bertz CT molecular complexity index is 226. The SMILES string of the molecule is CC(C)CC(CC(C)C)NCC1(C2CC2)CC1. The number of rotatable bonds is 8. The van der Waals surface area contributed by atoms with Crippen LogP contribution in [-0.4, -0.2) is 12.6 Å². The first-order valence-electron chi connectivity index (χ1n) is 7.75. The Labute approximate surface area is 108 Å². The van der Waals surface area contributed by atoms with Crippen molar-refractivity contribution in [3.63, 3.8) is 0 Å². The molecule has 0 aromatic rings. The van der Waals surface area contributed by atoms with Gasteiger partial charge in [-0.15, -0.1) is 0 Å². The fourth-order valence-electron chi connectivity index (χ4n) is 3.33. The highest BCUT2D eigenvalue weighted by Gasteiger charge is 2.53. The van der Waals surface area contributed by atoms with E-state index in [4.69, 9.17) is 0 Å². The van der Waals surface area contributed by atoms with Crippen molar-refractivity contribution in [3.05, 3.63) is 0 Å². The fourth-order valence-corrected chi connectivity index (χ4v) is 3.33. The second-order valence-corrected chi connectivity index (χ2v) is 7.47. The average molecular weight is 237 g/mol. The minimum absolute atomic E-state index is 0.756. The molecule has 0 radical (unpaired) electrons. The highest BCUT2D eigenvalue weighted by Crippen LogP contribution is 2.60. The lowest BCUT2D eigenvalue weighted by molar-refractivity contribution is 0.313. The quantitative estimate of drug-likeness (QED) is 0.666. The molecule has 1 nitrogen and oxygen atoms in total. The minimum Gasteiger partial charge on any atom is -0.313 e. The first kappa shape index (κ1) is 13.4. The third-order valence-electron chi connectivity index (χ3n) is 4.59. The van der Waals surface area contributed by atoms with Crippen molar-refractivity contribution in [1.29, 1.82) is 0 Å².